The number of carbonyl (C=O) groups is 1. The van der Waals surface area contributed by atoms with Crippen LogP contribution >= 0.6 is 0 Å². The molecule has 0 saturated carbocycles. The van der Waals surface area contributed by atoms with E-state index in [1.54, 1.807) is 0 Å². The average molecular weight is 273 g/mol. The maximum atomic E-state index is 12.3. The number of carbonyl (C=O) groups excluding carboxylic acids is 1. The van der Waals surface area contributed by atoms with E-state index < -0.39 is 0 Å². The van der Waals surface area contributed by atoms with Crippen molar-refractivity contribution in [2.45, 2.75) is 38.9 Å². The highest BCUT2D eigenvalue weighted by molar-refractivity contribution is 5.94. The fourth-order valence-corrected chi connectivity index (χ4v) is 3.14. The number of hydrogen-bond acceptors (Lipinski definition) is 3. The van der Waals surface area contributed by atoms with E-state index >= 15 is 0 Å². The Morgan fingerprint density at radius 1 is 1.30 bits per heavy atom. The Morgan fingerprint density at radius 3 is 2.85 bits per heavy atom. The summed E-state index contributed by atoms with van der Waals surface area (Å²) in [4.78, 5) is 14.7. The molecule has 1 unspecified atom stereocenters. The van der Waals surface area contributed by atoms with Gasteiger partial charge >= 0.3 is 0 Å². The Labute approximate surface area is 120 Å². The summed E-state index contributed by atoms with van der Waals surface area (Å²) >= 11 is 0. The minimum Gasteiger partial charge on any atom is -0.348 e. The van der Waals surface area contributed by atoms with Crippen molar-refractivity contribution in [3.05, 3.63) is 34.9 Å². The maximum absolute atomic E-state index is 12.3. The Bertz CT molecular complexity index is 494. The summed E-state index contributed by atoms with van der Waals surface area (Å²) in [6, 6.07) is 6.22. The normalized spacial score (nSPS) is 19.9. The predicted molar refractivity (Wildman–Crippen MR) is 79.6 cm³/mol. The highest BCUT2D eigenvalue weighted by atomic mass is 16.1. The number of fused-ring (bicyclic) bond motifs is 1. The number of rotatable bonds is 4. The molecule has 0 bridgehead atoms. The topological polar surface area (TPSA) is 44.4 Å². The summed E-state index contributed by atoms with van der Waals surface area (Å²) in [5, 5.41) is 6.42. The first-order valence-corrected chi connectivity index (χ1v) is 7.58. The van der Waals surface area contributed by atoms with Crippen LogP contribution in [0.15, 0.2) is 18.2 Å². The number of likely N-dealkylation sites (tertiary alicyclic amines) is 1. The molecule has 1 aromatic rings. The zero-order valence-electron chi connectivity index (χ0n) is 12.1. The second-order valence-corrected chi connectivity index (χ2v) is 5.97. The molecule has 1 amide bonds. The number of hydrogen-bond donors (Lipinski definition) is 2. The molecular formula is C16H23N3O. The monoisotopic (exact) mass is 273 g/mol. The molecular weight excluding hydrogens is 250 g/mol. The first-order chi connectivity index (χ1) is 9.72. The molecule has 20 heavy (non-hydrogen) atoms. The van der Waals surface area contributed by atoms with E-state index in [0.717, 1.165) is 25.2 Å². The lowest BCUT2D eigenvalue weighted by Gasteiger charge is -2.21. The van der Waals surface area contributed by atoms with Gasteiger partial charge in [0.15, 0.2) is 0 Å². The summed E-state index contributed by atoms with van der Waals surface area (Å²) < 4.78 is 0. The highest BCUT2D eigenvalue weighted by Crippen LogP contribution is 2.17. The zero-order chi connectivity index (χ0) is 13.9. The lowest BCUT2D eigenvalue weighted by Crippen LogP contribution is -2.41. The second-order valence-electron chi connectivity index (χ2n) is 5.97. The number of amides is 1. The summed E-state index contributed by atoms with van der Waals surface area (Å²) in [6.07, 6.45) is 2.58. The molecule has 1 aromatic carbocycles. The van der Waals surface area contributed by atoms with Crippen LogP contribution in [0.5, 0.6) is 0 Å². The van der Waals surface area contributed by atoms with Gasteiger partial charge in [0.2, 0.25) is 0 Å². The predicted octanol–water partition coefficient (Wildman–Crippen LogP) is 1.50. The van der Waals surface area contributed by atoms with Gasteiger partial charge in [0.1, 0.15) is 0 Å². The van der Waals surface area contributed by atoms with Crippen molar-refractivity contribution in [2.75, 3.05) is 19.6 Å². The van der Waals surface area contributed by atoms with Gasteiger partial charge in [-0.1, -0.05) is 6.07 Å². The van der Waals surface area contributed by atoms with Crippen LogP contribution in [-0.2, 0) is 13.1 Å². The molecule has 0 aliphatic carbocycles. The van der Waals surface area contributed by atoms with E-state index in [4.69, 9.17) is 0 Å². The van der Waals surface area contributed by atoms with Gasteiger partial charge in [-0.15, -0.1) is 0 Å². The first-order valence-electron chi connectivity index (χ1n) is 7.58. The minimum absolute atomic E-state index is 0.0476. The Hall–Kier alpha value is -1.39. The largest absolute Gasteiger partial charge is 0.348 e. The van der Waals surface area contributed by atoms with Crippen LogP contribution in [0.2, 0.25) is 0 Å². The summed E-state index contributed by atoms with van der Waals surface area (Å²) in [6.45, 7) is 7.18. The molecule has 1 fully saturated rings. The van der Waals surface area contributed by atoms with Gasteiger partial charge in [-0.3, -0.25) is 4.79 Å². The molecule has 2 N–H and O–H groups in total. The second kappa shape index (κ2) is 5.94. The molecule has 2 heterocycles. The summed E-state index contributed by atoms with van der Waals surface area (Å²) in [5.41, 5.74) is 3.34. The summed E-state index contributed by atoms with van der Waals surface area (Å²) in [7, 11) is 0. The molecule has 108 valence electrons. The van der Waals surface area contributed by atoms with Crippen LogP contribution in [0.4, 0.5) is 0 Å². The van der Waals surface area contributed by atoms with Crippen molar-refractivity contribution in [3.63, 3.8) is 0 Å². The van der Waals surface area contributed by atoms with E-state index in [-0.39, 0.29) is 11.9 Å². The molecule has 4 nitrogen and oxygen atoms in total. The van der Waals surface area contributed by atoms with Gasteiger partial charge in [-0.05, 0) is 56.1 Å². The highest BCUT2D eigenvalue weighted by Gasteiger charge is 2.18. The average Bonchev–Trinajstić information content (AvgIpc) is 3.07. The SMILES string of the molecule is CC(CN1CCCC1)NC(=O)c1ccc2c(c1)CNC2. The molecule has 1 saturated heterocycles. The van der Waals surface area contributed by atoms with Crippen LogP contribution in [0.1, 0.15) is 41.3 Å². The minimum atomic E-state index is 0.0476. The van der Waals surface area contributed by atoms with Gasteiger partial charge in [0.05, 0.1) is 0 Å². The van der Waals surface area contributed by atoms with Crippen LogP contribution in [0.25, 0.3) is 0 Å². The fourth-order valence-electron chi connectivity index (χ4n) is 3.14. The van der Waals surface area contributed by atoms with Crippen molar-refractivity contribution >= 4 is 5.91 Å². The van der Waals surface area contributed by atoms with Crippen LogP contribution in [0.3, 0.4) is 0 Å². The fraction of sp³-hybridized carbons (Fsp3) is 0.562. The van der Waals surface area contributed by atoms with Crippen LogP contribution in [-0.4, -0.2) is 36.5 Å². The molecule has 3 rings (SSSR count). The van der Waals surface area contributed by atoms with Crippen molar-refractivity contribution in [3.8, 4) is 0 Å². The Balaban J connectivity index is 1.58. The zero-order valence-corrected chi connectivity index (χ0v) is 12.1. The van der Waals surface area contributed by atoms with Gasteiger partial charge in [0, 0.05) is 31.2 Å². The smallest absolute Gasteiger partial charge is 0.251 e. The Kier molecular flexibility index (Phi) is 4.03. The van der Waals surface area contributed by atoms with E-state index in [1.165, 1.54) is 37.1 Å². The van der Waals surface area contributed by atoms with Crippen LogP contribution < -0.4 is 10.6 Å². The molecule has 0 aromatic heterocycles. The molecule has 0 spiro atoms. The molecule has 2 aliphatic heterocycles. The molecule has 1 atom stereocenters. The quantitative estimate of drug-likeness (QED) is 0.874. The third kappa shape index (κ3) is 3.02. The van der Waals surface area contributed by atoms with Gasteiger partial charge in [-0.2, -0.15) is 0 Å². The lowest BCUT2D eigenvalue weighted by atomic mass is 10.1. The lowest BCUT2D eigenvalue weighted by molar-refractivity contribution is 0.0932. The summed E-state index contributed by atoms with van der Waals surface area (Å²) in [5.74, 6) is 0.0476. The molecule has 4 heteroatoms. The van der Waals surface area contributed by atoms with Gasteiger partial charge < -0.3 is 15.5 Å². The van der Waals surface area contributed by atoms with Crippen molar-refractivity contribution in [1.29, 1.82) is 0 Å². The first kappa shape index (κ1) is 13.6. The molecule has 2 aliphatic rings. The van der Waals surface area contributed by atoms with Gasteiger partial charge in [-0.25, -0.2) is 0 Å². The third-order valence-corrected chi connectivity index (χ3v) is 4.21. The van der Waals surface area contributed by atoms with Crippen molar-refractivity contribution < 1.29 is 4.79 Å². The van der Waals surface area contributed by atoms with E-state index in [2.05, 4.69) is 28.5 Å². The van der Waals surface area contributed by atoms with Gasteiger partial charge in [0.25, 0.3) is 5.91 Å². The van der Waals surface area contributed by atoms with E-state index in [9.17, 15) is 4.79 Å². The number of nitrogens with zero attached hydrogens (tertiary/aromatic N) is 1. The van der Waals surface area contributed by atoms with Crippen LogP contribution in [0, 0.1) is 0 Å². The Morgan fingerprint density at radius 2 is 2.05 bits per heavy atom. The van der Waals surface area contributed by atoms with E-state index in [1.807, 2.05) is 12.1 Å². The number of benzene rings is 1. The van der Waals surface area contributed by atoms with Crippen molar-refractivity contribution in [2.24, 2.45) is 0 Å². The molecule has 0 radical (unpaired) electrons. The van der Waals surface area contributed by atoms with Crippen molar-refractivity contribution in [1.82, 2.24) is 15.5 Å². The third-order valence-electron chi connectivity index (χ3n) is 4.21. The standard InChI is InChI=1S/C16H23N3O/c1-12(11-19-6-2-3-7-19)18-16(20)13-4-5-14-9-17-10-15(14)8-13/h4-5,8,12,17H,2-3,6-7,9-11H2,1H3,(H,18,20). The number of nitrogens with one attached hydrogen (secondary N) is 2. The van der Waals surface area contributed by atoms with E-state index in [0.29, 0.717) is 0 Å². The maximum Gasteiger partial charge on any atom is 0.251 e.